The number of ether oxygens (including phenoxy) is 1. The van der Waals surface area contributed by atoms with Gasteiger partial charge >= 0.3 is 0 Å². The molecule has 1 amide bonds. The molecule has 5 rings (SSSR count). The van der Waals surface area contributed by atoms with Crippen LogP contribution in [0.1, 0.15) is 29.5 Å². The molecule has 0 spiro atoms. The van der Waals surface area contributed by atoms with Gasteiger partial charge in [-0.2, -0.15) is 0 Å². The number of carbonyl (C=O) groups excluding carboxylic acids is 1. The Hall–Kier alpha value is -3.11. The molecule has 4 nitrogen and oxygen atoms in total. The number of hydrogen-bond acceptors (Lipinski definition) is 3. The van der Waals surface area contributed by atoms with Gasteiger partial charge in [0.2, 0.25) is 11.8 Å². The maximum Gasteiger partial charge on any atom is 0.230 e. The Morgan fingerprint density at radius 2 is 1.83 bits per heavy atom. The lowest BCUT2D eigenvalue weighted by atomic mass is 9.96. The van der Waals surface area contributed by atoms with Crippen molar-refractivity contribution in [2.45, 2.75) is 19.4 Å². The molecule has 0 radical (unpaired) electrons. The highest BCUT2D eigenvalue weighted by atomic mass is 35.5. The van der Waals surface area contributed by atoms with E-state index in [1.54, 1.807) is 7.11 Å². The van der Waals surface area contributed by atoms with Crippen LogP contribution in [0, 0.1) is 5.92 Å². The second kappa shape index (κ2) is 7.62. The number of anilines is 1. The lowest BCUT2D eigenvalue weighted by Gasteiger charge is -2.27. The average Bonchev–Trinajstić information content (AvgIpc) is 3.61. The molecule has 2 aromatic carbocycles. The molecule has 1 aliphatic carbocycles. The predicted octanol–water partition coefficient (Wildman–Crippen LogP) is 5.84. The summed E-state index contributed by atoms with van der Waals surface area (Å²) in [5.74, 6) is 0.931. The van der Waals surface area contributed by atoms with E-state index in [0.29, 0.717) is 17.4 Å². The Bertz CT molecular complexity index is 1150. The van der Waals surface area contributed by atoms with Crippen LogP contribution < -0.4 is 9.64 Å². The van der Waals surface area contributed by atoms with Crippen molar-refractivity contribution in [2.75, 3.05) is 12.0 Å². The summed E-state index contributed by atoms with van der Waals surface area (Å²) in [4.78, 5) is 19.3. The van der Waals surface area contributed by atoms with E-state index in [1.165, 1.54) is 0 Å². The van der Waals surface area contributed by atoms with E-state index in [-0.39, 0.29) is 11.8 Å². The largest absolute Gasteiger partial charge is 0.481 e. The summed E-state index contributed by atoms with van der Waals surface area (Å²) in [6.45, 7) is 0.546. The van der Waals surface area contributed by atoms with Gasteiger partial charge in [-0.15, -0.1) is 0 Å². The number of halogens is 1. The third kappa shape index (κ3) is 3.59. The number of aromatic nitrogens is 1. The number of carbonyl (C=O) groups is 1. The van der Waals surface area contributed by atoms with E-state index in [9.17, 15) is 4.79 Å². The number of fused-ring (bicyclic) bond motifs is 2. The summed E-state index contributed by atoms with van der Waals surface area (Å²) in [5, 5.41) is 0.663. The normalized spacial score (nSPS) is 15.1. The summed E-state index contributed by atoms with van der Waals surface area (Å²) >= 11 is 6.25. The molecule has 2 aliphatic rings. The molecule has 3 aromatic rings. The van der Waals surface area contributed by atoms with Crippen LogP contribution in [0.4, 0.5) is 5.69 Å². The number of amides is 1. The highest BCUT2D eigenvalue weighted by Gasteiger charge is 2.35. The molecular weight excluding hydrogens is 396 g/mol. The maximum absolute atomic E-state index is 13.1. The zero-order valence-corrected chi connectivity index (χ0v) is 17.4. The van der Waals surface area contributed by atoms with Crippen molar-refractivity contribution < 1.29 is 9.53 Å². The Morgan fingerprint density at radius 3 is 2.57 bits per heavy atom. The molecule has 1 aliphatic heterocycles. The van der Waals surface area contributed by atoms with Crippen molar-refractivity contribution in [1.82, 2.24) is 4.98 Å². The third-order valence-corrected chi connectivity index (χ3v) is 5.90. The van der Waals surface area contributed by atoms with E-state index in [4.69, 9.17) is 16.3 Å². The van der Waals surface area contributed by atoms with Crippen LogP contribution in [0.25, 0.3) is 23.3 Å². The minimum atomic E-state index is 0.144. The first-order chi connectivity index (χ1) is 14.6. The van der Waals surface area contributed by atoms with Gasteiger partial charge in [0.1, 0.15) is 0 Å². The molecule has 1 aromatic heterocycles. The van der Waals surface area contributed by atoms with Crippen molar-refractivity contribution in [2.24, 2.45) is 5.92 Å². The zero-order chi connectivity index (χ0) is 20.7. The molecule has 1 saturated carbocycles. The van der Waals surface area contributed by atoms with E-state index in [1.807, 2.05) is 47.5 Å². The SMILES string of the molecule is COc1ccc(-c2ccc3c(c2)C=Cc2cc(Cl)ccc2N(C(=O)C2CC2)C3)cn1. The Labute approximate surface area is 180 Å². The van der Waals surface area contributed by atoms with Gasteiger partial charge in [0.15, 0.2) is 0 Å². The molecule has 0 saturated heterocycles. The van der Waals surface area contributed by atoms with Crippen molar-refractivity contribution in [3.8, 4) is 17.0 Å². The molecule has 1 fully saturated rings. The van der Waals surface area contributed by atoms with Crippen LogP contribution in [0.2, 0.25) is 5.02 Å². The fourth-order valence-electron chi connectivity index (χ4n) is 3.83. The van der Waals surface area contributed by atoms with E-state index < -0.39 is 0 Å². The molecule has 30 heavy (non-hydrogen) atoms. The van der Waals surface area contributed by atoms with Crippen molar-refractivity contribution in [1.29, 1.82) is 0 Å². The van der Waals surface area contributed by atoms with Crippen LogP contribution in [-0.2, 0) is 11.3 Å². The van der Waals surface area contributed by atoms with Gasteiger partial charge in [-0.25, -0.2) is 4.98 Å². The van der Waals surface area contributed by atoms with Crippen LogP contribution in [-0.4, -0.2) is 18.0 Å². The zero-order valence-electron chi connectivity index (χ0n) is 16.6. The molecule has 2 heterocycles. The topological polar surface area (TPSA) is 42.4 Å². The lowest BCUT2D eigenvalue weighted by molar-refractivity contribution is -0.119. The van der Waals surface area contributed by atoms with Crippen molar-refractivity contribution >= 4 is 35.3 Å². The molecular formula is C25H21ClN2O2. The summed E-state index contributed by atoms with van der Waals surface area (Å²) in [5.41, 5.74) is 6.16. The monoisotopic (exact) mass is 416 g/mol. The first-order valence-corrected chi connectivity index (χ1v) is 10.4. The number of hydrogen-bond donors (Lipinski definition) is 0. The lowest BCUT2D eigenvalue weighted by Crippen LogP contribution is -2.32. The summed E-state index contributed by atoms with van der Waals surface area (Å²) in [6, 6.07) is 15.9. The Kier molecular flexibility index (Phi) is 4.80. The van der Waals surface area contributed by atoms with Crippen LogP contribution in [0.3, 0.4) is 0 Å². The minimum Gasteiger partial charge on any atom is -0.481 e. The van der Waals surface area contributed by atoms with Gasteiger partial charge in [-0.3, -0.25) is 4.79 Å². The second-order valence-electron chi connectivity index (χ2n) is 7.74. The maximum atomic E-state index is 13.1. The van der Waals surface area contributed by atoms with E-state index >= 15 is 0 Å². The second-order valence-corrected chi connectivity index (χ2v) is 8.17. The van der Waals surface area contributed by atoms with E-state index in [2.05, 4.69) is 29.3 Å². The number of rotatable bonds is 3. The van der Waals surface area contributed by atoms with Crippen LogP contribution in [0.5, 0.6) is 5.88 Å². The smallest absolute Gasteiger partial charge is 0.230 e. The van der Waals surface area contributed by atoms with Crippen LogP contribution in [0.15, 0.2) is 54.7 Å². The van der Waals surface area contributed by atoms with Crippen LogP contribution >= 0.6 is 11.6 Å². The highest BCUT2D eigenvalue weighted by molar-refractivity contribution is 6.31. The number of pyridine rings is 1. The summed E-state index contributed by atoms with van der Waals surface area (Å²) < 4.78 is 5.16. The number of nitrogens with zero attached hydrogens (tertiary/aromatic N) is 2. The van der Waals surface area contributed by atoms with Gasteiger partial charge in [0.05, 0.1) is 19.3 Å². The Balaban J connectivity index is 1.58. The molecule has 0 atom stereocenters. The third-order valence-electron chi connectivity index (χ3n) is 5.67. The number of benzene rings is 2. The first-order valence-electron chi connectivity index (χ1n) is 10.0. The van der Waals surface area contributed by atoms with Gasteiger partial charge < -0.3 is 9.64 Å². The first kappa shape index (κ1) is 18.9. The number of methoxy groups -OCH3 is 1. The summed E-state index contributed by atoms with van der Waals surface area (Å²) in [7, 11) is 1.61. The molecule has 5 heteroatoms. The summed E-state index contributed by atoms with van der Waals surface area (Å²) in [6.07, 6.45) is 7.91. The highest BCUT2D eigenvalue weighted by Crippen LogP contribution is 2.37. The average molecular weight is 417 g/mol. The standard InChI is InChI=1S/C25H21ClN2O2/c1-30-24-11-8-20(14-27-24)17-5-7-21-15-28(25(29)16-2-3-16)23-10-9-22(26)13-19(23)6-4-18(21)12-17/h4-14,16H,2-3,15H2,1H3. The van der Waals surface area contributed by atoms with Gasteiger partial charge in [0.25, 0.3) is 0 Å². The predicted molar refractivity (Wildman–Crippen MR) is 121 cm³/mol. The fourth-order valence-corrected chi connectivity index (χ4v) is 4.01. The molecule has 0 unspecified atom stereocenters. The minimum absolute atomic E-state index is 0.144. The van der Waals surface area contributed by atoms with Gasteiger partial charge in [-0.1, -0.05) is 35.9 Å². The quantitative estimate of drug-likeness (QED) is 0.538. The van der Waals surface area contributed by atoms with E-state index in [0.717, 1.165) is 46.3 Å². The Morgan fingerprint density at radius 1 is 1.03 bits per heavy atom. The molecule has 150 valence electrons. The molecule has 0 bridgehead atoms. The van der Waals surface area contributed by atoms with Crippen molar-refractivity contribution in [3.05, 3.63) is 76.4 Å². The van der Waals surface area contributed by atoms with Gasteiger partial charge in [0, 0.05) is 28.8 Å². The molecule has 0 N–H and O–H groups in total. The van der Waals surface area contributed by atoms with Crippen molar-refractivity contribution in [3.63, 3.8) is 0 Å². The fraction of sp³-hybridized carbons (Fsp3) is 0.200. The van der Waals surface area contributed by atoms with Gasteiger partial charge in [-0.05, 0) is 65.4 Å².